The average molecular weight is 414 g/mol. The fraction of sp³-hybridized carbons (Fsp3) is 0.167. The largest absolute Gasteiger partial charge is 0.352 e. The summed E-state index contributed by atoms with van der Waals surface area (Å²) in [6, 6.07) is 18.2. The molecule has 0 radical (unpaired) electrons. The van der Waals surface area contributed by atoms with Crippen LogP contribution in [0.4, 0.5) is 5.69 Å². The highest BCUT2D eigenvalue weighted by molar-refractivity contribution is 6.15. The number of para-hydroxylation sites is 1. The number of aryl methyl sites for hydroxylation is 1. The van der Waals surface area contributed by atoms with Crippen LogP contribution < -0.4 is 10.6 Å². The van der Waals surface area contributed by atoms with Crippen LogP contribution in [0.3, 0.4) is 0 Å². The number of nitrogens with zero attached hydrogens (tertiary/aromatic N) is 2. The Hall–Kier alpha value is -4.00. The van der Waals surface area contributed by atoms with E-state index in [2.05, 4.69) is 20.8 Å². The summed E-state index contributed by atoms with van der Waals surface area (Å²) in [6.07, 6.45) is 0.824. The molecule has 156 valence electrons. The molecule has 0 spiro atoms. The van der Waals surface area contributed by atoms with Crippen LogP contribution in [0.15, 0.2) is 65.2 Å². The van der Waals surface area contributed by atoms with Crippen molar-refractivity contribution in [2.24, 2.45) is 0 Å². The van der Waals surface area contributed by atoms with Gasteiger partial charge in [-0.05, 0) is 31.5 Å². The summed E-state index contributed by atoms with van der Waals surface area (Å²) in [6.45, 7) is 4.30. The lowest BCUT2D eigenvalue weighted by Crippen LogP contribution is -2.25. The zero-order valence-corrected chi connectivity index (χ0v) is 17.3. The minimum atomic E-state index is -0.369. The molecule has 0 fully saturated rings. The van der Waals surface area contributed by atoms with Crippen LogP contribution in [0, 0.1) is 6.92 Å². The summed E-state index contributed by atoms with van der Waals surface area (Å²) in [5, 5.41) is 10.2. The summed E-state index contributed by atoms with van der Waals surface area (Å²) >= 11 is 0. The topological polar surface area (TPSA) is 97.1 Å². The first-order chi connectivity index (χ1) is 15.1. The summed E-state index contributed by atoms with van der Waals surface area (Å²) in [4.78, 5) is 30.3. The van der Waals surface area contributed by atoms with Gasteiger partial charge in [-0.3, -0.25) is 9.59 Å². The molecule has 2 heterocycles. The monoisotopic (exact) mass is 414 g/mol. The van der Waals surface area contributed by atoms with Crippen LogP contribution in [0.25, 0.3) is 22.4 Å². The number of hydrogen-bond donors (Lipinski definition) is 2. The number of amides is 2. The van der Waals surface area contributed by atoms with Crippen LogP contribution >= 0.6 is 0 Å². The second-order valence-electron chi connectivity index (χ2n) is 7.12. The zero-order chi connectivity index (χ0) is 21.8. The Morgan fingerprint density at radius 2 is 1.71 bits per heavy atom. The minimum absolute atomic E-state index is 0.233. The van der Waals surface area contributed by atoms with Gasteiger partial charge >= 0.3 is 0 Å². The van der Waals surface area contributed by atoms with E-state index in [4.69, 9.17) is 4.52 Å². The van der Waals surface area contributed by atoms with Crippen LogP contribution in [-0.4, -0.2) is 28.5 Å². The van der Waals surface area contributed by atoms with Crippen LogP contribution in [0.2, 0.25) is 0 Å². The van der Waals surface area contributed by atoms with Crippen LogP contribution in [0.5, 0.6) is 0 Å². The molecule has 4 rings (SSSR count). The fourth-order valence-corrected chi connectivity index (χ4v) is 3.34. The first-order valence-corrected chi connectivity index (χ1v) is 10.1. The third-order valence-corrected chi connectivity index (χ3v) is 4.89. The summed E-state index contributed by atoms with van der Waals surface area (Å²) in [7, 11) is 0. The summed E-state index contributed by atoms with van der Waals surface area (Å²) in [5.74, 6) is -0.601. The maximum Gasteiger partial charge on any atom is 0.259 e. The summed E-state index contributed by atoms with van der Waals surface area (Å²) in [5.41, 5.74) is 3.53. The third kappa shape index (κ3) is 4.16. The Labute approximate surface area is 179 Å². The predicted molar refractivity (Wildman–Crippen MR) is 119 cm³/mol. The van der Waals surface area contributed by atoms with Gasteiger partial charge in [0.25, 0.3) is 17.5 Å². The van der Waals surface area contributed by atoms with E-state index in [1.165, 1.54) is 0 Å². The standard InChI is InChI=1S/C24H22N4O3/c1-3-13-25-22(29)17-11-7-8-12-19(17)26-23(30)18-14-20(16-9-5-4-6-10-16)27-24-21(18)15(2)28-31-24/h4-12,14H,3,13H2,1-2H3,(H,25,29)(H,26,30). The van der Waals surface area contributed by atoms with Crippen LogP contribution in [0.1, 0.15) is 39.8 Å². The number of benzene rings is 2. The number of carbonyl (C=O) groups excluding carboxylic acids is 2. The molecule has 0 unspecified atom stereocenters. The Morgan fingerprint density at radius 1 is 0.968 bits per heavy atom. The molecule has 2 aromatic carbocycles. The first kappa shape index (κ1) is 20.3. The highest BCUT2D eigenvalue weighted by Gasteiger charge is 2.21. The lowest BCUT2D eigenvalue weighted by atomic mass is 10.0. The van der Waals surface area contributed by atoms with E-state index in [1.807, 2.05) is 37.3 Å². The number of nitrogens with one attached hydrogen (secondary N) is 2. The molecule has 0 aliphatic heterocycles. The van der Waals surface area contributed by atoms with E-state index in [0.717, 1.165) is 12.0 Å². The molecule has 0 saturated heterocycles. The van der Waals surface area contributed by atoms with Gasteiger partial charge in [-0.15, -0.1) is 0 Å². The molecule has 0 atom stereocenters. The van der Waals surface area contributed by atoms with E-state index >= 15 is 0 Å². The second kappa shape index (κ2) is 8.79. The maximum absolute atomic E-state index is 13.3. The molecule has 7 heteroatoms. The summed E-state index contributed by atoms with van der Waals surface area (Å²) < 4.78 is 5.35. The lowest BCUT2D eigenvalue weighted by molar-refractivity contribution is 0.0954. The van der Waals surface area contributed by atoms with Crippen molar-refractivity contribution in [3.63, 3.8) is 0 Å². The smallest absolute Gasteiger partial charge is 0.259 e. The molecule has 0 saturated carbocycles. The van der Waals surface area contributed by atoms with Crippen molar-refractivity contribution < 1.29 is 14.1 Å². The Morgan fingerprint density at radius 3 is 2.48 bits per heavy atom. The van der Waals surface area contributed by atoms with E-state index in [9.17, 15) is 9.59 Å². The Kier molecular flexibility index (Phi) is 5.75. The number of anilines is 1. The third-order valence-electron chi connectivity index (χ3n) is 4.89. The normalized spacial score (nSPS) is 10.8. The molecule has 31 heavy (non-hydrogen) atoms. The van der Waals surface area contributed by atoms with E-state index in [1.54, 1.807) is 37.3 Å². The quantitative estimate of drug-likeness (QED) is 0.481. The molecule has 0 aliphatic carbocycles. The molecule has 7 nitrogen and oxygen atoms in total. The fourth-order valence-electron chi connectivity index (χ4n) is 3.34. The van der Waals surface area contributed by atoms with E-state index in [0.29, 0.717) is 40.1 Å². The van der Waals surface area contributed by atoms with Crippen molar-refractivity contribution in [2.75, 3.05) is 11.9 Å². The van der Waals surface area contributed by atoms with Gasteiger partial charge in [-0.25, -0.2) is 4.98 Å². The molecular weight excluding hydrogens is 392 g/mol. The van der Waals surface area contributed by atoms with Gasteiger partial charge in [0.15, 0.2) is 0 Å². The zero-order valence-electron chi connectivity index (χ0n) is 17.3. The van der Waals surface area contributed by atoms with Gasteiger partial charge in [0.2, 0.25) is 0 Å². The van der Waals surface area contributed by atoms with Crippen molar-refractivity contribution in [3.8, 4) is 11.3 Å². The van der Waals surface area contributed by atoms with Gasteiger partial charge in [-0.1, -0.05) is 54.5 Å². The number of rotatable bonds is 6. The van der Waals surface area contributed by atoms with Gasteiger partial charge < -0.3 is 15.2 Å². The van der Waals surface area contributed by atoms with E-state index < -0.39 is 0 Å². The first-order valence-electron chi connectivity index (χ1n) is 10.1. The van der Waals surface area contributed by atoms with Crippen molar-refractivity contribution in [3.05, 3.63) is 77.5 Å². The second-order valence-corrected chi connectivity index (χ2v) is 7.12. The van der Waals surface area contributed by atoms with Crippen molar-refractivity contribution in [2.45, 2.75) is 20.3 Å². The maximum atomic E-state index is 13.3. The number of pyridine rings is 1. The predicted octanol–water partition coefficient (Wildman–Crippen LogP) is 4.59. The average Bonchev–Trinajstić information content (AvgIpc) is 3.18. The van der Waals surface area contributed by atoms with Crippen molar-refractivity contribution in [1.29, 1.82) is 0 Å². The van der Waals surface area contributed by atoms with Gasteiger partial charge in [-0.2, -0.15) is 0 Å². The van der Waals surface area contributed by atoms with E-state index in [-0.39, 0.29) is 17.5 Å². The SMILES string of the molecule is CCCNC(=O)c1ccccc1NC(=O)c1cc(-c2ccccc2)nc2onc(C)c12. The molecule has 2 amide bonds. The molecule has 0 aliphatic rings. The van der Waals surface area contributed by atoms with Gasteiger partial charge in [0.05, 0.1) is 33.6 Å². The highest BCUT2D eigenvalue weighted by atomic mass is 16.5. The Bertz CT molecular complexity index is 1250. The number of carbonyl (C=O) groups is 2. The van der Waals surface area contributed by atoms with Crippen molar-refractivity contribution in [1.82, 2.24) is 15.5 Å². The molecule has 2 aromatic heterocycles. The highest BCUT2D eigenvalue weighted by Crippen LogP contribution is 2.28. The van der Waals surface area contributed by atoms with Crippen LogP contribution in [-0.2, 0) is 0 Å². The molecular formula is C24H22N4O3. The van der Waals surface area contributed by atoms with Gasteiger partial charge in [0.1, 0.15) is 0 Å². The number of aromatic nitrogens is 2. The number of hydrogen-bond acceptors (Lipinski definition) is 5. The molecule has 2 N–H and O–H groups in total. The molecule has 4 aromatic rings. The lowest BCUT2D eigenvalue weighted by Gasteiger charge is -2.12. The Balaban J connectivity index is 1.74. The molecule has 0 bridgehead atoms. The van der Waals surface area contributed by atoms with Crippen molar-refractivity contribution >= 4 is 28.6 Å². The minimum Gasteiger partial charge on any atom is -0.352 e. The van der Waals surface area contributed by atoms with Gasteiger partial charge in [0, 0.05) is 12.1 Å². The number of fused-ring (bicyclic) bond motifs is 1.